The minimum Gasteiger partial charge on any atom is -0.496 e. The van der Waals surface area contributed by atoms with Crippen LogP contribution in [-0.4, -0.2) is 23.2 Å². The van der Waals surface area contributed by atoms with E-state index in [1.807, 2.05) is 6.92 Å². The van der Waals surface area contributed by atoms with Crippen LogP contribution in [0, 0.1) is 6.92 Å². The van der Waals surface area contributed by atoms with Crippen LogP contribution in [-0.2, 0) is 0 Å². The average Bonchev–Trinajstić information content (AvgIpc) is 2.74. The van der Waals surface area contributed by atoms with Crippen LogP contribution < -0.4 is 15.8 Å². The van der Waals surface area contributed by atoms with Gasteiger partial charge in [0, 0.05) is 17.3 Å². The summed E-state index contributed by atoms with van der Waals surface area (Å²) in [6.07, 6.45) is 1.63. The molecule has 0 bridgehead atoms. The molecule has 6 nitrogen and oxygen atoms in total. The molecule has 0 aliphatic rings. The summed E-state index contributed by atoms with van der Waals surface area (Å²) in [7, 11) is 1.49. The number of methoxy groups -OCH3 is 1. The molecule has 0 atom stereocenters. The lowest BCUT2D eigenvalue weighted by Gasteiger charge is -2.09. The van der Waals surface area contributed by atoms with Gasteiger partial charge in [-0.1, -0.05) is 0 Å². The van der Waals surface area contributed by atoms with Crippen molar-refractivity contribution in [2.45, 2.75) is 6.92 Å². The van der Waals surface area contributed by atoms with E-state index in [4.69, 9.17) is 10.5 Å². The lowest BCUT2D eigenvalue weighted by molar-refractivity contribution is 0.102. The topological polar surface area (TPSA) is 93.0 Å². The molecule has 18 heavy (non-hydrogen) atoms. The van der Waals surface area contributed by atoms with Gasteiger partial charge in [-0.05, 0) is 19.1 Å². The molecular formula is C12H14N4O2. The van der Waals surface area contributed by atoms with Crippen LogP contribution in [0.3, 0.4) is 0 Å². The van der Waals surface area contributed by atoms with E-state index in [-0.39, 0.29) is 5.91 Å². The molecule has 1 aromatic carbocycles. The standard InChI is InChI=1S/C12H14N4O2/c1-7-6-14-16-11(7)15-12(17)9-4-3-8(13)5-10(9)18-2/h3-6H,13H2,1-2H3,(H2,14,15,16,17). The first-order valence-electron chi connectivity index (χ1n) is 5.36. The fourth-order valence-electron chi connectivity index (χ4n) is 1.55. The van der Waals surface area contributed by atoms with Gasteiger partial charge in [0.1, 0.15) is 11.6 Å². The zero-order valence-corrected chi connectivity index (χ0v) is 10.2. The van der Waals surface area contributed by atoms with Gasteiger partial charge in [0.05, 0.1) is 18.9 Å². The van der Waals surface area contributed by atoms with Gasteiger partial charge < -0.3 is 15.8 Å². The monoisotopic (exact) mass is 246 g/mol. The number of ether oxygens (including phenoxy) is 1. The molecule has 0 aliphatic heterocycles. The smallest absolute Gasteiger partial charge is 0.260 e. The molecule has 0 aliphatic carbocycles. The molecule has 1 amide bonds. The van der Waals surface area contributed by atoms with E-state index in [2.05, 4.69) is 15.5 Å². The Morgan fingerprint density at radius 3 is 2.89 bits per heavy atom. The third-order valence-electron chi connectivity index (χ3n) is 2.54. The maximum Gasteiger partial charge on any atom is 0.260 e. The molecule has 0 saturated heterocycles. The maximum absolute atomic E-state index is 12.1. The number of hydrogen-bond acceptors (Lipinski definition) is 4. The van der Waals surface area contributed by atoms with Crippen LogP contribution in [0.25, 0.3) is 0 Å². The molecule has 0 saturated carbocycles. The molecule has 94 valence electrons. The molecule has 2 aromatic rings. The summed E-state index contributed by atoms with van der Waals surface area (Å²) in [6, 6.07) is 4.88. The zero-order valence-electron chi connectivity index (χ0n) is 10.2. The number of benzene rings is 1. The summed E-state index contributed by atoms with van der Waals surface area (Å²) in [5.41, 5.74) is 7.45. The highest BCUT2D eigenvalue weighted by Crippen LogP contribution is 2.22. The Kier molecular flexibility index (Phi) is 3.18. The number of aryl methyl sites for hydroxylation is 1. The van der Waals surface area contributed by atoms with E-state index in [1.54, 1.807) is 24.4 Å². The number of aromatic amines is 1. The van der Waals surface area contributed by atoms with Crippen LogP contribution in [0.5, 0.6) is 5.75 Å². The predicted octanol–water partition coefficient (Wildman–Crippen LogP) is 1.56. The van der Waals surface area contributed by atoms with Crippen molar-refractivity contribution >= 4 is 17.4 Å². The highest BCUT2D eigenvalue weighted by Gasteiger charge is 2.14. The lowest BCUT2D eigenvalue weighted by Crippen LogP contribution is -2.14. The normalized spacial score (nSPS) is 10.1. The molecule has 4 N–H and O–H groups in total. The minimum atomic E-state index is -0.279. The number of nitrogens with one attached hydrogen (secondary N) is 2. The fourth-order valence-corrected chi connectivity index (χ4v) is 1.55. The third kappa shape index (κ3) is 2.27. The molecule has 0 unspecified atom stereocenters. The summed E-state index contributed by atoms with van der Waals surface area (Å²) in [6.45, 7) is 1.85. The van der Waals surface area contributed by atoms with Crippen molar-refractivity contribution in [1.29, 1.82) is 0 Å². The quantitative estimate of drug-likeness (QED) is 0.716. The third-order valence-corrected chi connectivity index (χ3v) is 2.54. The second kappa shape index (κ2) is 4.79. The van der Waals surface area contributed by atoms with Crippen molar-refractivity contribution in [2.75, 3.05) is 18.2 Å². The number of hydrogen-bond donors (Lipinski definition) is 3. The number of carbonyl (C=O) groups excluding carboxylic acids is 1. The van der Waals surface area contributed by atoms with Crippen molar-refractivity contribution in [3.05, 3.63) is 35.5 Å². The van der Waals surface area contributed by atoms with Crippen molar-refractivity contribution in [1.82, 2.24) is 10.2 Å². The van der Waals surface area contributed by atoms with Crippen molar-refractivity contribution < 1.29 is 9.53 Å². The maximum atomic E-state index is 12.1. The van der Waals surface area contributed by atoms with Gasteiger partial charge in [-0.25, -0.2) is 0 Å². The molecule has 0 spiro atoms. The van der Waals surface area contributed by atoms with E-state index >= 15 is 0 Å². The molecule has 2 rings (SSSR count). The zero-order chi connectivity index (χ0) is 13.1. The first-order valence-corrected chi connectivity index (χ1v) is 5.36. The number of aromatic nitrogens is 2. The highest BCUT2D eigenvalue weighted by atomic mass is 16.5. The van der Waals surface area contributed by atoms with Gasteiger partial charge in [0.2, 0.25) is 0 Å². The van der Waals surface area contributed by atoms with Crippen molar-refractivity contribution in [2.24, 2.45) is 0 Å². The Morgan fingerprint density at radius 1 is 1.50 bits per heavy atom. The predicted molar refractivity (Wildman–Crippen MR) is 68.7 cm³/mol. The molecule has 0 radical (unpaired) electrons. The Morgan fingerprint density at radius 2 is 2.28 bits per heavy atom. The molecule has 1 heterocycles. The summed E-state index contributed by atoms with van der Waals surface area (Å²) >= 11 is 0. The first kappa shape index (κ1) is 12.0. The van der Waals surface area contributed by atoms with Crippen LogP contribution in [0.2, 0.25) is 0 Å². The molecule has 0 fully saturated rings. The van der Waals surface area contributed by atoms with Gasteiger partial charge in [-0.2, -0.15) is 5.10 Å². The van der Waals surface area contributed by atoms with Crippen LogP contribution in [0.1, 0.15) is 15.9 Å². The van der Waals surface area contributed by atoms with Crippen molar-refractivity contribution in [3.63, 3.8) is 0 Å². The number of carbonyl (C=O) groups is 1. The molecule has 1 aromatic heterocycles. The van der Waals surface area contributed by atoms with Gasteiger partial charge in [-0.15, -0.1) is 0 Å². The molecular weight excluding hydrogens is 232 g/mol. The van der Waals surface area contributed by atoms with Gasteiger partial charge in [0.15, 0.2) is 0 Å². The van der Waals surface area contributed by atoms with E-state index in [0.29, 0.717) is 22.8 Å². The fraction of sp³-hybridized carbons (Fsp3) is 0.167. The van der Waals surface area contributed by atoms with Gasteiger partial charge >= 0.3 is 0 Å². The van der Waals surface area contributed by atoms with E-state index in [1.165, 1.54) is 7.11 Å². The summed E-state index contributed by atoms with van der Waals surface area (Å²) in [5, 5.41) is 9.26. The van der Waals surface area contributed by atoms with Crippen LogP contribution >= 0.6 is 0 Å². The first-order chi connectivity index (χ1) is 8.61. The number of nitrogens with two attached hydrogens (primary N) is 1. The van der Waals surface area contributed by atoms with E-state index < -0.39 is 0 Å². The van der Waals surface area contributed by atoms with Gasteiger partial charge in [0.25, 0.3) is 5.91 Å². The number of rotatable bonds is 3. The number of nitrogens with zero attached hydrogens (tertiary/aromatic N) is 1. The largest absolute Gasteiger partial charge is 0.496 e. The van der Waals surface area contributed by atoms with E-state index in [9.17, 15) is 4.79 Å². The summed E-state index contributed by atoms with van der Waals surface area (Å²) in [5.74, 6) is 0.725. The number of H-pyrrole nitrogens is 1. The SMILES string of the molecule is COc1cc(N)ccc1C(=O)Nc1[nH]ncc1C. The number of nitrogen functional groups attached to an aromatic ring is 1. The second-order valence-corrected chi connectivity index (χ2v) is 3.84. The second-order valence-electron chi connectivity index (χ2n) is 3.84. The van der Waals surface area contributed by atoms with Crippen LogP contribution in [0.15, 0.2) is 24.4 Å². The van der Waals surface area contributed by atoms with E-state index in [0.717, 1.165) is 5.56 Å². The Balaban J connectivity index is 2.26. The Labute approximate surface area is 104 Å². The van der Waals surface area contributed by atoms with Crippen molar-refractivity contribution in [3.8, 4) is 5.75 Å². The number of amides is 1. The average molecular weight is 246 g/mol. The molecule has 6 heteroatoms. The lowest BCUT2D eigenvalue weighted by atomic mass is 10.1. The summed E-state index contributed by atoms with van der Waals surface area (Å²) in [4.78, 5) is 12.1. The number of anilines is 2. The van der Waals surface area contributed by atoms with Crippen LogP contribution in [0.4, 0.5) is 11.5 Å². The Bertz CT molecular complexity index is 577. The highest BCUT2D eigenvalue weighted by molar-refractivity contribution is 6.06. The Hall–Kier alpha value is -2.50. The minimum absolute atomic E-state index is 0.279. The summed E-state index contributed by atoms with van der Waals surface area (Å²) < 4.78 is 5.13. The van der Waals surface area contributed by atoms with Gasteiger partial charge in [-0.3, -0.25) is 9.89 Å².